The van der Waals surface area contributed by atoms with Crippen molar-refractivity contribution in [3.63, 3.8) is 0 Å². The van der Waals surface area contributed by atoms with E-state index in [-0.39, 0.29) is 5.41 Å². The summed E-state index contributed by atoms with van der Waals surface area (Å²) in [5.41, 5.74) is 1.22. The Kier molecular flexibility index (Phi) is 2.43. The number of aromatic nitrogens is 4. The van der Waals surface area contributed by atoms with E-state index < -0.39 is 0 Å². The van der Waals surface area contributed by atoms with E-state index in [2.05, 4.69) is 20.4 Å². The number of nitrogens with zero attached hydrogens (tertiary/aromatic N) is 4. The van der Waals surface area contributed by atoms with E-state index in [1.54, 1.807) is 4.52 Å². The fourth-order valence-corrected chi connectivity index (χ4v) is 2.23. The predicted octanol–water partition coefficient (Wildman–Crippen LogP) is 1.86. The maximum Gasteiger partial charge on any atom is 0.254 e. The standard InChI is InChI=1S/C11H14ClN5/c1-8-4-9(13-6-11(5-12)2-3-11)17-10(16-8)14-7-15-17/h4,7,13H,2-3,5-6H2,1H3. The molecule has 17 heavy (non-hydrogen) atoms. The smallest absolute Gasteiger partial charge is 0.254 e. The minimum Gasteiger partial charge on any atom is -0.369 e. The van der Waals surface area contributed by atoms with Crippen LogP contribution >= 0.6 is 11.6 Å². The summed E-state index contributed by atoms with van der Waals surface area (Å²) in [7, 11) is 0. The Balaban J connectivity index is 1.86. The number of rotatable bonds is 4. The first kappa shape index (κ1) is 10.8. The lowest BCUT2D eigenvalue weighted by Crippen LogP contribution is -2.18. The van der Waals surface area contributed by atoms with Crippen LogP contribution < -0.4 is 5.32 Å². The van der Waals surface area contributed by atoms with Gasteiger partial charge in [-0.15, -0.1) is 11.6 Å². The molecule has 2 aromatic rings. The summed E-state index contributed by atoms with van der Waals surface area (Å²) in [6.45, 7) is 2.84. The van der Waals surface area contributed by atoms with Crippen molar-refractivity contribution in [2.45, 2.75) is 19.8 Å². The van der Waals surface area contributed by atoms with Crippen LogP contribution in [0.25, 0.3) is 5.78 Å². The van der Waals surface area contributed by atoms with Gasteiger partial charge in [0.15, 0.2) is 0 Å². The second kappa shape index (κ2) is 3.84. The second-order valence-corrected chi connectivity index (χ2v) is 5.01. The van der Waals surface area contributed by atoms with E-state index >= 15 is 0 Å². The third-order valence-corrected chi connectivity index (χ3v) is 3.83. The Morgan fingerprint density at radius 1 is 1.53 bits per heavy atom. The average molecular weight is 252 g/mol. The molecule has 1 aliphatic rings. The predicted molar refractivity (Wildman–Crippen MR) is 66.4 cm³/mol. The van der Waals surface area contributed by atoms with Crippen LogP contribution in [0.3, 0.4) is 0 Å². The summed E-state index contributed by atoms with van der Waals surface area (Å²) in [6, 6.07) is 1.98. The van der Waals surface area contributed by atoms with Crippen LogP contribution in [0.2, 0.25) is 0 Å². The topological polar surface area (TPSA) is 55.1 Å². The molecule has 5 nitrogen and oxygen atoms in total. The zero-order chi connectivity index (χ0) is 11.9. The number of hydrogen-bond acceptors (Lipinski definition) is 4. The number of aryl methyl sites for hydroxylation is 1. The number of alkyl halides is 1. The summed E-state index contributed by atoms with van der Waals surface area (Å²) >= 11 is 5.96. The molecular weight excluding hydrogens is 238 g/mol. The van der Waals surface area contributed by atoms with Crippen molar-refractivity contribution < 1.29 is 0 Å². The summed E-state index contributed by atoms with van der Waals surface area (Å²) in [4.78, 5) is 8.39. The van der Waals surface area contributed by atoms with Crippen molar-refractivity contribution in [3.05, 3.63) is 18.1 Å². The van der Waals surface area contributed by atoms with E-state index in [1.807, 2.05) is 13.0 Å². The largest absolute Gasteiger partial charge is 0.369 e. The van der Waals surface area contributed by atoms with E-state index in [4.69, 9.17) is 11.6 Å². The van der Waals surface area contributed by atoms with Crippen molar-refractivity contribution >= 4 is 23.2 Å². The quantitative estimate of drug-likeness (QED) is 0.843. The van der Waals surface area contributed by atoms with Crippen LogP contribution in [0.1, 0.15) is 18.5 Å². The van der Waals surface area contributed by atoms with Crippen LogP contribution in [-0.2, 0) is 0 Å². The number of halogens is 1. The molecular formula is C11H14ClN5. The molecule has 0 aliphatic heterocycles. The van der Waals surface area contributed by atoms with Gasteiger partial charge in [0.25, 0.3) is 5.78 Å². The highest BCUT2D eigenvalue weighted by Crippen LogP contribution is 2.46. The van der Waals surface area contributed by atoms with Gasteiger partial charge in [-0.05, 0) is 19.8 Å². The molecule has 3 rings (SSSR count). The van der Waals surface area contributed by atoms with Gasteiger partial charge in [0, 0.05) is 29.6 Å². The molecule has 0 radical (unpaired) electrons. The van der Waals surface area contributed by atoms with Gasteiger partial charge < -0.3 is 5.32 Å². The molecule has 0 atom stereocenters. The van der Waals surface area contributed by atoms with E-state index in [0.29, 0.717) is 11.7 Å². The van der Waals surface area contributed by atoms with Gasteiger partial charge in [0.1, 0.15) is 12.1 Å². The molecule has 2 aromatic heterocycles. The molecule has 6 heteroatoms. The molecule has 0 bridgehead atoms. The zero-order valence-electron chi connectivity index (χ0n) is 9.65. The van der Waals surface area contributed by atoms with Gasteiger partial charge in [0.05, 0.1) is 0 Å². The SMILES string of the molecule is Cc1cc(NCC2(CCl)CC2)n2ncnc2n1. The fraction of sp³-hybridized carbons (Fsp3) is 0.545. The lowest BCUT2D eigenvalue weighted by molar-refractivity contribution is 0.615. The van der Waals surface area contributed by atoms with E-state index in [9.17, 15) is 0 Å². The minimum absolute atomic E-state index is 0.283. The molecule has 1 saturated carbocycles. The summed E-state index contributed by atoms with van der Waals surface area (Å²) in [5, 5.41) is 7.56. The summed E-state index contributed by atoms with van der Waals surface area (Å²) in [5.74, 6) is 2.27. The first-order valence-electron chi connectivity index (χ1n) is 5.70. The molecule has 2 heterocycles. The molecule has 0 aromatic carbocycles. The van der Waals surface area contributed by atoms with Gasteiger partial charge in [-0.2, -0.15) is 14.6 Å². The van der Waals surface area contributed by atoms with Crippen molar-refractivity contribution in [1.82, 2.24) is 19.6 Å². The van der Waals surface area contributed by atoms with Crippen LogP contribution in [0.5, 0.6) is 0 Å². The minimum atomic E-state index is 0.283. The number of fused-ring (bicyclic) bond motifs is 1. The fourth-order valence-electron chi connectivity index (χ4n) is 1.87. The molecule has 90 valence electrons. The summed E-state index contributed by atoms with van der Waals surface area (Å²) in [6.07, 6.45) is 3.92. The highest BCUT2D eigenvalue weighted by Gasteiger charge is 2.41. The van der Waals surface area contributed by atoms with Gasteiger partial charge in [-0.25, -0.2) is 4.98 Å². The monoisotopic (exact) mass is 251 g/mol. The molecule has 0 saturated heterocycles. The second-order valence-electron chi connectivity index (χ2n) is 4.74. The third kappa shape index (κ3) is 1.95. The van der Waals surface area contributed by atoms with Crippen molar-refractivity contribution in [3.8, 4) is 0 Å². The Morgan fingerprint density at radius 2 is 2.35 bits per heavy atom. The molecule has 0 spiro atoms. The molecule has 0 amide bonds. The molecule has 1 aliphatic carbocycles. The molecule has 0 unspecified atom stereocenters. The van der Waals surface area contributed by atoms with Gasteiger partial charge in [-0.3, -0.25) is 0 Å². The van der Waals surface area contributed by atoms with Gasteiger partial charge in [-0.1, -0.05) is 0 Å². The van der Waals surface area contributed by atoms with Crippen molar-refractivity contribution in [2.75, 3.05) is 17.7 Å². The van der Waals surface area contributed by atoms with Gasteiger partial charge >= 0.3 is 0 Å². The first-order chi connectivity index (χ1) is 8.22. The van der Waals surface area contributed by atoms with Crippen LogP contribution in [-0.4, -0.2) is 32.0 Å². The van der Waals surface area contributed by atoms with Crippen molar-refractivity contribution in [1.29, 1.82) is 0 Å². The number of anilines is 1. The number of hydrogen-bond donors (Lipinski definition) is 1. The van der Waals surface area contributed by atoms with Crippen LogP contribution in [0.15, 0.2) is 12.4 Å². The summed E-state index contributed by atoms with van der Waals surface area (Å²) < 4.78 is 1.72. The first-order valence-corrected chi connectivity index (χ1v) is 6.23. The molecule has 1 N–H and O–H groups in total. The Labute approximate surface area is 104 Å². The van der Waals surface area contributed by atoms with Crippen LogP contribution in [0.4, 0.5) is 5.82 Å². The Hall–Kier alpha value is -1.36. The number of nitrogens with one attached hydrogen (secondary N) is 1. The molecule has 1 fully saturated rings. The van der Waals surface area contributed by atoms with Crippen LogP contribution in [0, 0.1) is 12.3 Å². The van der Waals surface area contributed by atoms with Crippen molar-refractivity contribution in [2.24, 2.45) is 5.41 Å². The normalized spacial score (nSPS) is 17.3. The van der Waals surface area contributed by atoms with E-state index in [0.717, 1.165) is 18.1 Å². The lowest BCUT2D eigenvalue weighted by atomic mass is 10.1. The Morgan fingerprint density at radius 3 is 3.06 bits per heavy atom. The maximum absolute atomic E-state index is 5.96. The van der Waals surface area contributed by atoms with Gasteiger partial charge in [0.2, 0.25) is 0 Å². The zero-order valence-corrected chi connectivity index (χ0v) is 10.4. The highest BCUT2D eigenvalue weighted by molar-refractivity contribution is 6.18. The maximum atomic E-state index is 5.96. The Bertz CT molecular complexity index is 546. The average Bonchev–Trinajstić information content (AvgIpc) is 2.96. The lowest BCUT2D eigenvalue weighted by Gasteiger charge is -2.14. The highest BCUT2D eigenvalue weighted by atomic mass is 35.5. The third-order valence-electron chi connectivity index (χ3n) is 3.26. The van der Waals surface area contributed by atoms with E-state index in [1.165, 1.54) is 19.2 Å².